The third kappa shape index (κ3) is 2.76. The average molecular weight is 192 g/mol. The van der Waals surface area contributed by atoms with Crippen molar-refractivity contribution in [1.82, 2.24) is 0 Å². The van der Waals surface area contributed by atoms with Crippen molar-refractivity contribution < 1.29 is 4.79 Å². The van der Waals surface area contributed by atoms with Crippen molar-refractivity contribution >= 4 is 11.6 Å². The minimum atomic E-state index is -0.316. The molecule has 76 valence electrons. The summed E-state index contributed by atoms with van der Waals surface area (Å²) in [6.07, 6.45) is 0. The highest BCUT2D eigenvalue weighted by molar-refractivity contribution is 5.83. The fourth-order valence-corrected chi connectivity index (χ4v) is 1.28. The van der Waals surface area contributed by atoms with Crippen molar-refractivity contribution in [1.29, 1.82) is 0 Å². The van der Waals surface area contributed by atoms with E-state index in [4.69, 9.17) is 5.73 Å². The number of carbonyl (C=O) groups excluding carboxylic acids is 1. The SMILES string of the molecule is CC(C)[C@H](Nc1ccccc1)C(N)=O. The van der Waals surface area contributed by atoms with Crippen LogP contribution in [-0.4, -0.2) is 11.9 Å². The van der Waals surface area contributed by atoms with Gasteiger partial charge in [-0.1, -0.05) is 32.0 Å². The van der Waals surface area contributed by atoms with Gasteiger partial charge >= 0.3 is 0 Å². The third-order valence-corrected chi connectivity index (χ3v) is 2.07. The standard InChI is InChI=1S/C11H16N2O/c1-8(2)10(11(12)14)13-9-6-4-3-5-7-9/h3-8,10,13H,1-2H3,(H2,12,14)/t10-/m0/s1. The fourth-order valence-electron chi connectivity index (χ4n) is 1.28. The number of carbonyl (C=O) groups is 1. The first-order valence-electron chi connectivity index (χ1n) is 4.72. The number of amides is 1. The number of para-hydroxylation sites is 1. The van der Waals surface area contributed by atoms with Gasteiger partial charge in [0, 0.05) is 5.69 Å². The molecule has 0 unspecified atom stereocenters. The topological polar surface area (TPSA) is 55.1 Å². The number of nitrogens with two attached hydrogens (primary N) is 1. The smallest absolute Gasteiger partial charge is 0.240 e. The van der Waals surface area contributed by atoms with E-state index in [1.165, 1.54) is 0 Å². The Kier molecular flexibility index (Phi) is 3.51. The molecule has 3 nitrogen and oxygen atoms in total. The molecule has 0 aliphatic carbocycles. The molecule has 0 saturated carbocycles. The van der Waals surface area contributed by atoms with Crippen molar-refractivity contribution in [3.63, 3.8) is 0 Å². The molecule has 0 fully saturated rings. The van der Waals surface area contributed by atoms with E-state index < -0.39 is 0 Å². The normalized spacial score (nSPS) is 12.5. The first-order chi connectivity index (χ1) is 6.61. The van der Waals surface area contributed by atoms with E-state index in [-0.39, 0.29) is 17.9 Å². The third-order valence-electron chi connectivity index (χ3n) is 2.07. The zero-order valence-electron chi connectivity index (χ0n) is 8.53. The summed E-state index contributed by atoms with van der Waals surface area (Å²) < 4.78 is 0. The Balaban J connectivity index is 2.70. The lowest BCUT2D eigenvalue weighted by Gasteiger charge is -2.19. The Labute approximate surface area is 84.3 Å². The molecule has 1 amide bonds. The predicted octanol–water partition coefficient (Wildman–Crippen LogP) is 1.61. The summed E-state index contributed by atoms with van der Waals surface area (Å²) >= 11 is 0. The molecule has 0 radical (unpaired) electrons. The van der Waals surface area contributed by atoms with Gasteiger partial charge in [0.25, 0.3) is 0 Å². The largest absolute Gasteiger partial charge is 0.373 e. The maximum atomic E-state index is 11.1. The number of primary amides is 1. The second kappa shape index (κ2) is 4.65. The van der Waals surface area contributed by atoms with Gasteiger partial charge in [-0.25, -0.2) is 0 Å². The van der Waals surface area contributed by atoms with E-state index in [0.717, 1.165) is 5.69 Å². The van der Waals surface area contributed by atoms with Crippen LogP contribution in [0.25, 0.3) is 0 Å². The number of benzene rings is 1. The molecule has 0 spiro atoms. The zero-order valence-corrected chi connectivity index (χ0v) is 8.53. The summed E-state index contributed by atoms with van der Waals surface area (Å²) in [5.41, 5.74) is 6.21. The van der Waals surface area contributed by atoms with E-state index in [9.17, 15) is 4.79 Å². The fraction of sp³-hybridized carbons (Fsp3) is 0.364. The van der Waals surface area contributed by atoms with Gasteiger partial charge in [0.1, 0.15) is 6.04 Å². The molecule has 0 aliphatic rings. The second-order valence-corrected chi connectivity index (χ2v) is 3.63. The monoisotopic (exact) mass is 192 g/mol. The minimum absolute atomic E-state index is 0.188. The molecule has 1 aromatic carbocycles. The minimum Gasteiger partial charge on any atom is -0.373 e. The number of nitrogens with one attached hydrogen (secondary N) is 1. The second-order valence-electron chi connectivity index (χ2n) is 3.63. The summed E-state index contributed by atoms with van der Waals surface area (Å²) in [7, 11) is 0. The summed E-state index contributed by atoms with van der Waals surface area (Å²) in [5, 5.41) is 3.10. The predicted molar refractivity (Wildman–Crippen MR) is 57.9 cm³/mol. The molecule has 0 heterocycles. The van der Waals surface area contributed by atoms with Gasteiger partial charge in [0.2, 0.25) is 5.91 Å². The van der Waals surface area contributed by atoms with Crippen LogP contribution in [0.4, 0.5) is 5.69 Å². The zero-order chi connectivity index (χ0) is 10.6. The van der Waals surface area contributed by atoms with E-state index in [0.29, 0.717) is 0 Å². The van der Waals surface area contributed by atoms with Crippen molar-refractivity contribution in [2.24, 2.45) is 11.7 Å². The van der Waals surface area contributed by atoms with Gasteiger partial charge in [-0.3, -0.25) is 4.79 Å². The van der Waals surface area contributed by atoms with Crippen LogP contribution in [-0.2, 0) is 4.79 Å². The summed E-state index contributed by atoms with van der Waals surface area (Å²) in [6.45, 7) is 3.93. The highest BCUT2D eigenvalue weighted by Gasteiger charge is 2.18. The van der Waals surface area contributed by atoms with Crippen LogP contribution in [0.3, 0.4) is 0 Å². The van der Waals surface area contributed by atoms with Crippen molar-refractivity contribution in [2.75, 3.05) is 5.32 Å². The molecule has 14 heavy (non-hydrogen) atoms. The summed E-state index contributed by atoms with van der Waals surface area (Å²) in [6, 6.07) is 9.29. The number of anilines is 1. The Hall–Kier alpha value is -1.51. The van der Waals surface area contributed by atoms with E-state index in [2.05, 4.69) is 5.32 Å². The number of rotatable bonds is 4. The molecule has 0 aliphatic heterocycles. The molecular formula is C11H16N2O. The Morgan fingerprint density at radius 1 is 1.29 bits per heavy atom. The van der Waals surface area contributed by atoms with Crippen LogP contribution in [0, 0.1) is 5.92 Å². The Morgan fingerprint density at radius 2 is 1.86 bits per heavy atom. The Bertz CT molecular complexity index is 295. The van der Waals surface area contributed by atoms with E-state index in [1.54, 1.807) is 0 Å². The van der Waals surface area contributed by atoms with Crippen LogP contribution < -0.4 is 11.1 Å². The van der Waals surface area contributed by atoms with Crippen LogP contribution in [0.1, 0.15) is 13.8 Å². The molecular weight excluding hydrogens is 176 g/mol. The molecule has 0 aromatic heterocycles. The summed E-state index contributed by atoms with van der Waals surface area (Å²) in [4.78, 5) is 11.1. The van der Waals surface area contributed by atoms with Crippen molar-refractivity contribution in [3.8, 4) is 0 Å². The van der Waals surface area contributed by atoms with Gasteiger partial charge < -0.3 is 11.1 Å². The van der Waals surface area contributed by atoms with Gasteiger partial charge in [0.05, 0.1) is 0 Å². The summed E-state index contributed by atoms with van der Waals surface area (Å²) in [5.74, 6) is -0.128. The first-order valence-corrected chi connectivity index (χ1v) is 4.72. The van der Waals surface area contributed by atoms with Crippen LogP contribution in [0.5, 0.6) is 0 Å². The highest BCUT2D eigenvalue weighted by Crippen LogP contribution is 2.11. The molecule has 1 atom stereocenters. The average Bonchev–Trinajstić information content (AvgIpc) is 2.15. The molecule has 1 aromatic rings. The molecule has 1 rings (SSSR count). The quantitative estimate of drug-likeness (QED) is 0.761. The molecule has 0 bridgehead atoms. The maximum Gasteiger partial charge on any atom is 0.240 e. The van der Waals surface area contributed by atoms with Gasteiger partial charge in [-0.2, -0.15) is 0 Å². The lowest BCUT2D eigenvalue weighted by molar-refractivity contribution is -0.119. The van der Waals surface area contributed by atoms with Crippen molar-refractivity contribution in [2.45, 2.75) is 19.9 Å². The van der Waals surface area contributed by atoms with E-state index in [1.807, 2.05) is 44.2 Å². The van der Waals surface area contributed by atoms with Gasteiger partial charge in [-0.15, -0.1) is 0 Å². The van der Waals surface area contributed by atoms with Gasteiger partial charge in [-0.05, 0) is 18.1 Å². The Morgan fingerprint density at radius 3 is 2.29 bits per heavy atom. The van der Waals surface area contributed by atoms with E-state index >= 15 is 0 Å². The highest BCUT2D eigenvalue weighted by atomic mass is 16.1. The van der Waals surface area contributed by atoms with Crippen LogP contribution in [0.2, 0.25) is 0 Å². The first kappa shape index (κ1) is 10.6. The number of hydrogen-bond donors (Lipinski definition) is 2. The lowest BCUT2D eigenvalue weighted by atomic mass is 10.0. The van der Waals surface area contributed by atoms with Crippen LogP contribution >= 0.6 is 0 Å². The number of hydrogen-bond acceptors (Lipinski definition) is 2. The van der Waals surface area contributed by atoms with Crippen LogP contribution in [0.15, 0.2) is 30.3 Å². The molecule has 3 N–H and O–H groups in total. The molecule has 3 heteroatoms. The lowest BCUT2D eigenvalue weighted by Crippen LogP contribution is -2.39. The van der Waals surface area contributed by atoms with Crippen molar-refractivity contribution in [3.05, 3.63) is 30.3 Å². The maximum absolute atomic E-state index is 11.1. The molecule has 0 saturated heterocycles. The van der Waals surface area contributed by atoms with Gasteiger partial charge in [0.15, 0.2) is 0 Å².